The number of hydrogen-bond acceptors (Lipinski definition) is 6. The lowest BCUT2D eigenvalue weighted by atomic mass is 10.1. The van der Waals surface area contributed by atoms with Gasteiger partial charge in [0.15, 0.2) is 0 Å². The second kappa shape index (κ2) is 9.18. The molecule has 3 aromatic rings. The van der Waals surface area contributed by atoms with E-state index in [0.29, 0.717) is 34.3 Å². The molecule has 0 bridgehead atoms. The standard InChI is InChI=1S/C20H21N3O4S/c1-25-16-11-14(13-23-9-5-8-21-23)10-15(12-16)20(24)22-28-19-17(26-2)6-4-7-18(19)27-3/h4-12H,13H2,1-3H3,(H,22,24). The van der Waals surface area contributed by atoms with Gasteiger partial charge >= 0.3 is 0 Å². The largest absolute Gasteiger partial charge is 0.497 e. The second-order valence-corrected chi connectivity index (χ2v) is 6.61. The Hall–Kier alpha value is -3.13. The van der Waals surface area contributed by atoms with Gasteiger partial charge in [-0.25, -0.2) is 0 Å². The molecule has 0 aliphatic rings. The lowest BCUT2D eigenvalue weighted by Gasteiger charge is -2.13. The van der Waals surface area contributed by atoms with Gasteiger partial charge in [0.2, 0.25) is 0 Å². The van der Waals surface area contributed by atoms with Crippen LogP contribution >= 0.6 is 11.9 Å². The van der Waals surface area contributed by atoms with Crippen molar-refractivity contribution in [2.75, 3.05) is 21.3 Å². The van der Waals surface area contributed by atoms with Gasteiger partial charge in [0.25, 0.3) is 5.91 Å². The Morgan fingerprint density at radius 2 is 1.82 bits per heavy atom. The number of rotatable bonds is 8. The molecule has 0 aliphatic heterocycles. The molecule has 28 heavy (non-hydrogen) atoms. The average molecular weight is 399 g/mol. The van der Waals surface area contributed by atoms with Gasteiger partial charge in [0, 0.05) is 18.0 Å². The van der Waals surface area contributed by atoms with Crippen molar-refractivity contribution in [2.24, 2.45) is 0 Å². The van der Waals surface area contributed by atoms with Crippen molar-refractivity contribution >= 4 is 17.9 Å². The Morgan fingerprint density at radius 3 is 2.43 bits per heavy atom. The topological polar surface area (TPSA) is 74.6 Å². The van der Waals surface area contributed by atoms with Gasteiger partial charge in [-0.05, 0) is 53.9 Å². The van der Waals surface area contributed by atoms with Crippen LogP contribution in [-0.4, -0.2) is 37.0 Å². The maximum Gasteiger partial charge on any atom is 0.261 e. The van der Waals surface area contributed by atoms with Crippen LogP contribution in [0.4, 0.5) is 0 Å². The number of aromatic nitrogens is 2. The molecule has 0 radical (unpaired) electrons. The smallest absolute Gasteiger partial charge is 0.261 e. The molecule has 7 nitrogen and oxygen atoms in total. The Balaban J connectivity index is 1.79. The first-order valence-electron chi connectivity index (χ1n) is 8.48. The van der Waals surface area contributed by atoms with Gasteiger partial charge in [-0.15, -0.1) is 0 Å². The third-order valence-corrected chi connectivity index (χ3v) is 4.89. The van der Waals surface area contributed by atoms with Gasteiger partial charge in [0.05, 0.1) is 27.9 Å². The maximum absolute atomic E-state index is 12.7. The van der Waals surface area contributed by atoms with Crippen LogP contribution in [0.25, 0.3) is 0 Å². The molecule has 0 saturated carbocycles. The zero-order chi connectivity index (χ0) is 19.9. The molecule has 1 N–H and O–H groups in total. The van der Waals surface area contributed by atoms with Crippen LogP contribution in [0.5, 0.6) is 17.2 Å². The summed E-state index contributed by atoms with van der Waals surface area (Å²) in [7, 11) is 4.72. The SMILES string of the molecule is COc1cc(Cn2cccn2)cc(C(=O)NSc2c(OC)cccc2OC)c1. The monoisotopic (exact) mass is 399 g/mol. The number of benzene rings is 2. The molecule has 0 aliphatic carbocycles. The normalized spacial score (nSPS) is 10.4. The molecule has 1 heterocycles. The lowest BCUT2D eigenvalue weighted by molar-refractivity contribution is 0.0984. The first-order valence-corrected chi connectivity index (χ1v) is 9.29. The number of amides is 1. The molecular weight excluding hydrogens is 378 g/mol. The number of nitrogens with zero attached hydrogens (tertiary/aromatic N) is 2. The van der Waals surface area contributed by atoms with Crippen molar-refractivity contribution in [1.29, 1.82) is 0 Å². The first-order chi connectivity index (χ1) is 13.6. The van der Waals surface area contributed by atoms with Crippen LogP contribution in [-0.2, 0) is 6.54 Å². The molecule has 0 atom stereocenters. The third kappa shape index (κ3) is 4.58. The van der Waals surface area contributed by atoms with Crippen molar-refractivity contribution in [3.05, 3.63) is 66.0 Å². The zero-order valence-electron chi connectivity index (χ0n) is 15.8. The van der Waals surface area contributed by atoms with Gasteiger partial charge in [-0.2, -0.15) is 5.10 Å². The highest BCUT2D eigenvalue weighted by Crippen LogP contribution is 2.36. The summed E-state index contributed by atoms with van der Waals surface area (Å²) in [5, 5.41) is 4.20. The third-order valence-electron chi connectivity index (χ3n) is 4.00. The number of methoxy groups -OCH3 is 3. The van der Waals surface area contributed by atoms with E-state index in [0.717, 1.165) is 17.5 Å². The van der Waals surface area contributed by atoms with E-state index in [4.69, 9.17) is 14.2 Å². The van der Waals surface area contributed by atoms with Crippen LogP contribution in [0, 0.1) is 0 Å². The van der Waals surface area contributed by atoms with Gasteiger partial charge in [0.1, 0.15) is 22.1 Å². The summed E-state index contributed by atoms with van der Waals surface area (Å²) < 4.78 is 20.7. The maximum atomic E-state index is 12.7. The van der Waals surface area contributed by atoms with E-state index in [-0.39, 0.29) is 5.91 Å². The van der Waals surface area contributed by atoms with Crippen molar-refractivity contribution in [3.63, 3.8) is 0 Å². The summed E-state index contributed by atoms with van der Waals surface area (Å²) >= 11 is 1.14. The number of carbonyl (C=O) groups excluding carboxylic acids is 1. The van der Waals surface area contributed by atoms with Crippen molar-refractivity contribution in [3.8, 4) is 17.2 Å². The molecule has 146 valence electrons. The van der Waals surface area contributed by atoms with Crippen LogP contribution in [0.1, 0.15) is 15.9 Å². The van der Waals surface area contributed by atoms with Crippen LogP contribution < -0.4 is 18.9 Å². The van der Waals surface area contributed by atoms with Gasteiger partial charge in [-0.1, -0.05) is 6.07 Å². The number of nitrogens with one attached hydrogen (secondary N) is 1. The Morgan fingerprint density at radius 1 is 1.07 bits per heavy atom. The molecule has 0 spiro atoms. The fraction of sp³-hybridized carbons (Fsp3) is 0.200. The van der Waals surface area contributed by atoms with E-state index in [1.807, 2.05) is 42.6 Å². The van der Waals surface area contributed by atoms with E-state index in [9.17, 15) is 4.79 Å². The fourth-order valence-electron chi connectivity index (χ4n) is 2.66. The predicted octanol–water partition coefficient (Wildman–Crippen LogP) is 3.39. The van der Waals surface area contributed by atoms with Crippen LogP contribution in [0.3, 0.4) is 0 Å². The number of hydrogen-bond donors (Lipinski definition) is 1. The summed E-state index contributed by atoms with van der Waals surface area (Å²) in [6.07, 6.45) is 3.58. The second-order valence-electron chi connectivity index (χ2n) is 5.80. The quantitative estimate of drug-likeness (QED) is 0.585. The predicted molar refractivity (Wildman–Crippen MR) is 107 cm³/mol. The van der Waals surface area contributed by atoms with Gasteiger partial charge < -0.3 is 14.2 Å². The highest BCUT2D eigenvalue weighted by Gasteiger charge is 2.15. The molecular formula is C20H21N3O4S. The van der Waals surface area contributed by atoms with E-state index in [1.54, 1.807) is 38.3 Å². The van der Waals surface area contributed by atoms with E-state index in [1.165, 1.54) is 0 Å². The highest BCUT2D eigenvalue weighted by molar-refractivity contribution is 7.98. The Bertz CT molecular complexity index is 922. The number of carbonyl (C=O) groups is 1. The molecule has 3 rings (SSSR count). The molecule has 0 unspecified atom stereocenters. The van der Waals surface area contributed by atoms with Gasteiger partial charge in [-0.3, -0.25) is 14.2 Å². The fourth-order valence-corrected chi connectivity index (χ4v) is 3.47. The minimum absolute atomic E-state index is 0.251. The number of ether oxygens (including phenoxy) is 3. The van der Waals surface area contributed by atoms with Crippen LogP contribution in [0.2, 0.25) is 0 Å². The summed E-state index contributed by atoms with van der Waals surface area (Å²) in [4.78, 5) is 13.4. The van der Waals surface area contributed by atoms with E-state index >= 15 is 0 Å². The Labute approximate surface area is 167 Å². The molecule has 8 heteroatoms. The van der Waals surface area contributed by atoms with E-state index in [2.05, 4.69) is 9.82 Å². The summed E-state index contributed by atoms with van der Waals surface area (Å²) in [6, 6.07) is 12.7. The van der Waals surface area contributed by atoms with Crippen molar-refractivity contribution in [1.82, 2.24) is 14.5 Å². The average Bonchev–Trinajstić information content (AvgIpc) is 3.24. The summed E-state index contributed by atoms with van der Waals surface area (Å²) in [5.41, 5.74) is 1.40. The first kappa shape index (κ1) is 19.6. The molecule has 2 aromatic carbocycles. The molecule has 0 saturated heterocycles. The summed E-state index contributed by atoms with van der Waals surface area (Å²) in [6.45, 7) is 0.540. The Kier molecular flexibility index (Phi) is 6.44. The van der Waals surface area contributed by atoms with E-state index < -0.39 is 0 Å². The minimum Gasteiger partial charge on any atom is -0.497 e. The molecule has 1 amide bonds. The van der Waals surface area contributed by atoms with Crippen molar-refractivity contribution in [2.45, 2.75) is 11.4 Å². The lowest BCUT2D eigenvalue weighted by Crippen LogP contribution is -2.16. The minimum atomic E-state index is -0.251. The van der Waals surface area contributed by atoms with Crippen molar-refractivity contribution < 1.29 is 19.0 Å². The molecule has 0 fully saturated rings. The zero-order valence-corrected chi connectivity index (χ0v) is 16.7. The van der Waals surface area contributed by atoms with Crippen LogP contribution in [0.15, 0.2) is 59.8 Å². The summed E-state index contributed by atoms with van der Waals surface area (Å²) in [5.74, 6) is 1.59. The highest BCUT2D eigenvalue weighted by atomic mass is 32.2. The molecule has 1 aromatic heterocycles.